The largest absolute Gasteiger partial charge is 0.492 e. The molecule has 2 aromatic rings. The van der Waals surface area contributed by atoms with Gasteiger partial charge in [-0.25, -0.2) is 0 Å². The second kappa shape index (κ2) is 7.32. The van der Waals surface area contributed by atoms with Gasteiger partial charge in [0.1, 0.15) is 12.3 Å². The van der Waals surface area contributed by atoms with Crippen molar-refractivity contribution in [3.63, 3.8) is 0 Å². The Hall–Kier alpha value is -2.00. The van der Waals surface area contributed by atoms with Gasteiger partial charge in [0.2, 0.25) is 0 Å². The first-order chi connectivity index (χ1) is 10.9. The zero-order chi connectivity index (χ0) is 15.2. The van der Waals surface area contributed by atoms with Gasteiger partial charge in [0.15, 0.2) is 0 Å². The number of rotatable bonds is 5. The first-order valence-corrected chi connectivity index (χ1v) is 8.21. The molecule has 3 nitrogen and oxygen atoms in total. The molecule has 0 bridgehead atoms. The van der Waals surface area contributed by atoms with E-state index in [9.17, 15) is 0 Å². The van der Waals surface area contributed by atoms with Gasteiger partial charge in [0.05, 0.1) is 38.5 Å². The van der Waals surface area contributed by atoms with Crippen LogP contribution in [0.5, 0.6) is 5.75 Å². The molecule has 1 fully saturated rings. The third-order valence-corrected chi connectivity index (χ3v) is 4.27. The van der Waals surface area contributed by atoms with Crippen molar-refractivity contribution in [3.05, 3.63) is 60.2 Å². The van der Waals surface area contributed by atoms with Crippen molar-refractivity contribution in [2.75, 3.05) is 37.7 Å². The molecule has 0 aromatic heterocycles. The van der Waals surface area contributed by atoms with Crippen LogP contribution in [0.25, 0.3) is 0 Å². The smallest absolute Gasteiger partial charge is 0.142 e. The number of nitrogens with one attached hydrogen (secondary N) is 1. The molecule has 1 saturated heterocycles. The molecule has 0 atom stereocenters. The number of para-hydroxylation sites is 2. The molecule has 1 heterocycles. The molecular formula is C19H25N2O+. The van der Waals surface area contributed by atoms with E-state index in [1.165, 1.54) is 24.3 Å². The van der Waals surface area contributed by atoms with Gasteiger partial charge < -0.3 is 14.5 Å². The molecule has 3 rings (SSSR count). The average Bonchev–Trinajstić information content (AvgIpc) is 2.58. The van der Waals surface area contributed by atoms with E-state index in [1.807, 2.05) is 13.0 Å². The summed E-state index contributed by atoms with van der Waals surface area (Å²) in [5, 5.41) is 0. The minimum Gasteiger partial charge on any atom is -0.492 e. The zero-order valence-electron chi connectivity index (χ0n) is 13.3. The summed E-state index contributed by atoms with van der Waals surface area (Å²) in [6, 6.07) is 19.2. The first-order valence-electron chi connectivity index (χ1n) is 8.21. The maximum atomic E-state index is 5.76. The van der Waals surface area contributed by atoms with E-state index in [-0.39, 0.29) is 0 Å². The highest BCUT2D eigenvalue weighted by molar-refractivity contribution is 5.58. The molecule has 0 aliphatic carbocycles. The van der Waals surface area contributed by atoms with Crippen LogP contribution < -0.4 is 14.5 Å². The molecule has 3 heteroatoms. The monoisotopic (exact) mass is 297 g/mol. The average molecular weight is 297 g/mol. The van der Waals surface area contributed by atoms with Gasteiger partial charge in [-0.2, -0.15) is 0 Å². The molecule has 0 amide bonds. The minimum atomic E-state index is 0.718. The summed E-state index contributed by atoms with van der Waals surface area (Å²) in [5.41, 5.74) is 2.67. The number of benzene rings is 2. The van der Waals surface area contributed by atoms with Gasteiger partial charge in [-0.15, -0.1) is 0 Å². The summed E-state index contributed by atoms with van der Waals surface area (Å²) in [7, 11) is 0. The lowest BCUT2D eigenvalue weighted by atomic mass is 10.2. The van der Waals surface area contributed by atoms with Gasteiger partial charge in [-0.05, 0) is 19.1 Å². The highest BCUT2D eigenvalue weighted by Crippen LogP contribution is 2.27. The zero-order valence-corrected chi connectivity index (χ0v) is 13.3. The Kier molecular flexibility index (Phi) is 4.96. The quantitative estimate of drug-likeness (QED) is 0.909. The van der Waals surface area contributed by atoms with Crippen LogP contribution in [0, 0.1) is 0 Å². The fourth-order valence-corrected chi connectivity index (χ4v) is 3.12. The van der Waals surface area contributed by atoms with Crippen LogP contribution in [-0.4, -0.2) is 32.8 Å². The Morgan fingerprint density at radius 2 is 1.64 bits per heavy atom. The number of nitrogens with zero attached hydrogens (tertiary/aromatic N) is 1. The summed E-state index contributed by atoms with van der Waals surface area (Å²) in [5.74, 6) is 1.01. The van der Waals surface area contributed by atoms with Crippen LogP contribution in [0.3, 0.4) is 0 Å². The van der Waals surface area contributed by atoms with Crippen molar-refractivity contribution in [1.29, 1.82) is 0 Å². The van der Waals surface area contributed by atoms with Gasteiger partial charge in [-0.3, -0.25) is 0 Å². The number of quaternary nitrogens is 1. The van der Waals surface area contributed by atoms with Crippen LogP contribution in [0.1, 0.15) is 12.5 Å². The third-order valence-electron chi connectivity index (χ3n) is 4.27. The number of hydrogen-bond donors (Lipinski definition) is 1. The molecule has 1 aliphatic rings. The lowest BCUT2D eigenvalue weighted by Crippen LogP contribution is -3.13. The van der Waals surface area contributed by atoms with E-state index in [2.05, 4.69) is 53.4 Å². The molecule has 0 spiro atoms. The lowest BCUT2D eigenvalue weighted by molar-refractivity contribution is -0.914. The second-order valence-corrected chi connectivity index (χ2v) is 5.80. The molecular weight excluding hydrogens is 272 g/mol. The van der Waals surface area contributed by atoms with Crippen molar-refractivity contribution < 1.29 is 9.64 Å². The number of hydrogen-bond acceptors (Lipinski definition) is 2. The van der Waals surface area contributed by atoms with Crippen LogP contribution >= 0.6 is 0 Å². The summed E-state index contributed by atoms with van der Waals surface area (Å²) in [4.78, 5) is 4.12. The Labute approximate surface area is 133 Å². The highest BCUT2D eigenvalue weighted by atomic mass is 16.5. The summed E-state index contributed by atoms with van der Waals surface area (Å²) < 4.78 is 5.76. The molecule has 2 aromatic carbocycles. The van der Waals surface area contributed by atoms with Crippen molar-refractivity contribution in [2.24, 2.45) is 0 Å². The van der Waals surface area contributed by atoms with Crippen LogP contribution in [-0.2, 0) is 6.54 Å². The number of ether oxygens (including phenoxy) is 1. The molecule has 1 N–H and O–H groups in total. The van der Waals surface area contributed by atoms with Gasteiger partial charge in [0, 0.05) is 5.56 Å². The predicted molar refractivity (Wildman–Crippen MR) is 90.7 cm³/mol. The molecule has 0 unspecified atom stereocenters. The number of anilines is 1. The van der Waals surface area contributed by atoms with Crippen LogP contribution in [0.15, 0.2) is 54.6 Å². The maximum absolute atomic E-state index is 5.76. The molecule has 22 heavy (non-hydrogen) atoms. The van der Waals surface area contributed by atoms with Crippen LogP contribution in [0.2, 0.25) is 0 Å². The second-order valence-electron chi connectivity index (χ2n) is 5.80. The molecule has 0 radical (unpaired) electrons. The normalized spacial score (nSPS) is 15.8. The Morgan fingerprint density at radius 1 is 0.955 bits per heavy atom. The minimum absolute atomic E-state index is 0.718. The number of piperazine rings is 1. The van der Waals surface area contributed by atoms with Crippen LogP contribution in [0.4, 0.5) is 5.69 Å². The standard InChI is InChI=1S/C19H24N2O/c1-2-22-19-11-7-6-10-18(19)21-14-12-20(13-15-21)16-17-8-4-3-5-9-17/h3-11H,2,12-16H2,1H3/p+1. The SMILES string of the molecule is CCOc1ccccc1N1CC[NH+](Cc2ccccc2)CC1. The van der Waals surface area contributed by atoms with Crippen molar-refractivity contribution in [2.45, 2.75) is 13.5 Å². The summed E-state index contributed by atoms with van der Waals surface area (Å²) >= 11 is 0. The third kappa shape index (κ3) is 3.60. The fourth-order valence-electron chi connectivity index (χ4n) is 3.12. The lowest BCUT2D eigenvalue weighted by Gasteiger charge is -2.34. The van der Waals surface area contributed by atoms with Gasteiger partial charge >= 0.3 is 0 Å². The predicted octanol–water partition coefficient (Wildman–Crippen LogP) is 1.99. The Morgan fingerprint density at radius 3 is 2.36 bits per heavy atom. The fraction of sp³-hybridized carbons (Fsp3) is 0.368. The summed E-state index contributed by atoms with van der Waals surface area (Å²) in [6.45, 7) is 8.42. The van der Waals surface area contributed by atoms with E-state index in [1.54, 1.807) is 4.90 Å². The molecule has 116 valence electrons. The first kappa shape index (κ1) is 14.9. The van der Waals surface area contributed by atoms with Crippen molar-refractivity contribution in [1.82, 2.24) is 0 Å². The molecule has 0 saturated carbocycles. The van der Waals surface area contributed by atoms with Crippen molar-refractivity contribution in [3.8, 4) is 5.75 Å². The Balaban J connectivity index is 1.60. The van der Waals surface area contributed by atoms with E-state index in [4.69, 9.17) is 4.74 Å². The Bertz CT molecular complexity index is 577. The van der Waals surface area contributed by atoms with E-state index >= 15 is 0 Å². The maximum Gasteiger partial charge on any atom is 0.142 e. The van der Waals surface area contributed by atoms with E-state index in [0.29, 0.717) is 0 Å². The van der Waals surface area contributed by atoms with Gasteiger partial charge in [-0.1, -0.05) is 42.5 Å². The molecule has 1 aliphatic heterocycles. The van der Waals surface area contributed by atoms with E-state index in [0.717, 1.165) is 32.0 Å². The topological polar surface area (TPSA) is 16.9 Å². The summed E-state index contributed by atoms with van der Waals surface area (Å²) in [6.07, 6.45) is 0. The van der Waals surface area contributed by atoms with Crippen molar-refractivity contribution >= 4 is 5.69 Å². The highest BCUT2D eigenvalue weighted by Gasteiger charge is 2.22. The van der Waals surface area contributed by atoms with E-state index < -0.39 is 0 Å². The van der Waals surface area contributed by atoms with Gasteiger partial charge in [0.25, 0.3) is 0 Å².